The molecule has 0 saturated carbocycles. The van der Waals surface area contributed by atoms with E-state index in [4.69, 9.17) is 9.15 Å². The van der Waals surface area contributed by atoms with Crippen LogP contribution in [-0.4, -0.2) is 37.8 Å². The summed E-state index contributed by atoms with van der Waals surface area (Å²) in [5, 5.41) is 1.87. The molecule has 0 aliphatic heterocycles. The van der Waals surface area contributed by atoms with Gasteiger partial charge in [0.15, 0.2) is 0 Å². The number of hydrogen-bond acceptors (Lipinski definition) is 7. The molecule has 0 bridgehead atoms. The molecule has 1 aromatic carbocycles. The van der Waals surface area contributed by atoms with Crippen LogP contribution >= 0.6 is 11.3 Å². The minimum absolute atomic E-state index is 0.206. The van der Waals surface area contributed by atoms with Crippen molar-refractivity contribution < 1.29 is 26.8 Å². The van der Waals surface area contributed by atoms with E-state index in [9.17, 15) is 17.6 Å². The van der Waals surface area contributed by atoms with Crippen LogP contribution in [0.25, 0.3) is 10.8 Å². The van der Waals surface area contributed by atoms with E-state index in [2.05, 4.69) is 4.98 Å². The molecule has 27 heavy (non-hydrogen) atoms. The molecule has 2 aromatic heterocycles. The number of ether oxygens (including phenoxy) is 1. The third-order valence-corrected chi connectivity index (χ3v) is 6.24. The third kappa shape index (κ3) is 4.07. The minimum atomic E-state index is -3.81. The summed E-state index contributed by atoms with van der Waals surface area (Å²) in [7, 11) is -1.13. The Labute approximate surface area is 159 Å². The number of sulfonamides is 1. The Kier molecular flexibility index (Phi) is 5.40. The number of rotatable bonds is 6. The SMILES string of the molecule is CN(C)S(=O)(=O)c1ccc(F)c(C(=O)OCc2coc(-c3cccs3)n2)c1. The lowest BCUT2D eigenvalue weighted by molar-refractivity contribution is 0.0462. The summed E-state index contributed by atoms with van der Waals surface area (Å²) in [6, 6.07) is 6.64. The van der Waals surface area contributed by atoms with E-state index in [0.29, 0.717) is 11.6 Å². The highest BCUT2D eigenvalue weighted by Gasteiger charge is 2.22. The second-order valence-electron chi connectivity index (χ2n) is 5.63. The summed E-state index contributed by atoms with van der Waals surface area (Å²) in [4.78, 5) is 17.0. The molecule has 0 aliphatic carbocycles. The van der Waals surface area contributed by atoms with Crippen molar-refractivity contribution in [3.05, 3.63) is 59.0 Å². The van der Waals surface area contributed by atoms with Crippen LogP contribution in [0.3, 0.4) is 0 Å². The fraction of sp³-hybridized carbons (Fsp3) is 0.176. The van der Waals surface area contributed by atoms with Gasteiger partial charge in [-0.1, -0.05) is 6.07 Å². The zero-order chi connectivity index (χ0) is 19.6. The van der Waals surface area contributed by atoms with Gasteiger partial charge in [0.2, 0.25) is 15.9 Å². The predicted octanol–water partition coefficient (Wildman–Crippen LogP) is 3.15. The largest absolute Gasteiger partial charge is 0.455 e. The van der Waals surface area contributed by atoms with Crippen molar-refractivity contribution in [3.63, 3.8) is 0 Å². The van der Waals surface area contributed by atoms with Crippen molar-refractivity contribution in [1.29, 1.82) is 0 Å². The lowest BCUT2D eigenvalue weighted by Crippen LogP contribution is -2.22. The highest BCUT2D eigenvalue weighted by molar-refractivity contribution is 7.89. The maximum Gasteiger partial charge on any atom is 0.341 e. The molecule has 10 heteroatoms. The first kappa shape index (κ1) is 19.2. The summed E-state index contributed by atoms with van der Waals surface area (Å²) in [5.74, 6) is -1.48. The molecule has 3 rings (SSSR count). The molecule has 0 amide bonds. The van der Waals surface area contributed by atoms with Gasteiger partial charge in [0, 0.05) is 14.1 Å². The molecule has 0 fully saturated rings. The number of nitrogens with zero attached hydrogens (tertiary/aromatic N) is 2. The number of carbonyl (C=O) groups is 1. The molecule has 0 spiro atoms. The van der Waals surface area contributed by atoms with Crippen LogP contribution < -0.4 is 0 Å². The van der Waals surface area contributed by atoms with E-state index < -0.39 is 27.4 Å². The molecule has 0 atom stereocenters. The Morgan fingerprint density at radius 1 is 1.33 bits per heavy atom. The molecular formula is C17H15FN2O5S2. The Morgan fingerprint density at radius 2 is 2.11 bits per heavy atom. The van der Waals surface area contributed by atoms with Crippen LogP contribution in [0, 0.1) is 5.82 Å². The van der Waals surface area contributed by atoms with Gasteiger partial charge in [-0.25, -0.2) is 26.9 Å². The van der Waals surface area contributed by atoms with Crippen LogP contribution in [-0.2, 0) is 21.4 Å². The number of carbonyl (C=O) groups excluding carboxylic acids is 1. The van der Waals surface area contributed by atoms with Crippen LogP contribution in [0.4, 0.5) is 4.39 Å². The van der Waals surface area contributed by atoms with Crippen LogP contribution in [0.5, 0.6) is 0 Å². The maximum absolute atomic E-state index is 14.0. The zero-order valence-electron chi connectivity index (χ0n) is 14.4. The number of benzene rings is 1. The summed E-state index contributed by atoms with van der Waals surface area (Å²) in [5.41, 5.74) is -0.121. The summed E-state index contributed by atoms with van der Waals surface area (Å²) >= 11 is 1.44. The van der Waals surface area contributed by atoms with Gasteiger partial charge in [0.05, 0.1) is 15.3 Å². The second kappa shape index (κ2) is 7.59. The van der Waals surface area contributed by atoms with Gasteiger partial charge in [0.25, 0.3) is 0 Å². The molecule has 0 radical (unpaired) electrons. The number of oxazole rings is 1. The number of thiophene rings is 1. The monoisotopic (exact) mass is 410 g/mol. The van der Waals surface area contributed by atoms with Crippen molar-refractivity contribution in [1.82, 2.24) is 9.29 Å². The highest BCUT2D eigenvalue weighted by atomic mass is 32.2. The Bertz CT molecular complexity index is 1060. The summed E-state index contributed by atoms with van der Waals surface area (Å²) in [6.07, 6.45) is 1.34. The molecule has 7 nitrogen and oxygen atoms in total. The first-order valence-electron chi connectivity index (χ1n) is 7.66. The van der Waals surface area contributed by atoms with Gasteiger partial charge in [-0.15, -0.1) is 11.3 Å². The normalized spacial score (nSPS) is 11.7. The fourth-order valence-electron chi connectivity index (χ4n) is 2.14. The Morgan fingerprint density at radius 3 is 2.78 bits per heavy atom. The maximum atomic E-state index is 14.0. The van der Waals surface area contributed by atoms with Crippen molar-refractivity contribution >= 4 is 27.3 Å². The Balaban J connectivity index is 1.75. The van der Waals surface area contributed by atoms with Gasteiger partial charge < -0.3 is 9.15 Å². The third-order valence-electron chi connectivity index (χ3n) is 3.57. The van der Waals surface area contributed by atoms with Gasteiger partial charge in [0.1, 0.15) is 24.4 Å². The van der Waals surface area contributed by atoms with E-state index in [0.717, 1.165) is 27.4 Å². The molecular weight excluding hydrogens is 395 g/mol. The molecule has 0 unspecified atom stereocenters. The second-order valence-corrected chi connectivity index (χ2v) is 8.73. The number of hydrogen-bond donors (Lipinski definition) is 0. The molecule has 0 aliphatic rings. The topological polar surface area (TPSA) is 89.7 Å². The lowest BCUT2D eigenvalue weighted by atomic mass is 10.2. The van der Waals surface area contributed by atoms with Crippen molar-refractivity contribution in [2.24, 2.45) is 0 Å². The van der Waals surface area contributed by atoms with Crippen LogP contribution in [0.1, 0.15) is 16.1 Å². The van der Waals surface area contributed by atoms with Crippen LogP contribution in [0.2, 0.25) is 0 Å². The van der Waals surface area contributed by atoms with Gasteiger partial charge in [-0.05, 0) is 29.6 Å². The minimum Gasteiger partial charge on any atom is -0.455 e. The van der Waals surface area contributed by atoms with Crippen molar-refractivity contribution in [2.75, 3.05) is 14.1 Å². The molecule has 142 valence electrons. The molecule has 2 heterocycles. The van der Waals surface area contributed by atoms with Crippen molar-refractivity contribution in [3.8, 4) is 10.8 Å². The first-order chi connectivity index (χ1) is 12.8. The standard InChI is InChI=1S/C17H15FN2O5S2/c1-20(2)27(22,23)12-5-6-14(18)13(8-12)17(21)25-10-11-9-24-16(19-11)15-4-3-7-26-15/h3-9H,10H2,1-2H3. The zero-order valence-corrected chi connectivity index (χ0v) is 16.0. The molecule has 0 saturated heterocycles. The van der Waals surface area contributed by atoms with E-state index in [1.54, 1.807) is 0 Å². The summed E-state index contributed by atoms with van der Waals surface area (Å²) in [6.45, 7) is -0.238. The lowest BCUT2D eigenvalue weighted by Gasteiger charge is -2.12. The number of aromatic nitrogens is 1. The fourth-order valence-corrected chi connectivity index (χ4v) is 3.72. The van der Waals surface area contributed by atoms with E-state index in [1.165, 1.54) is 31.7 Å². The molecule has 3 aromatic rings. The van der Waals surface area contributed by atoms with Gasteiger partial charge in [-0.2, -0.15) is 0 Å². The van der Waals surface area contributed by atoms with Crippen LogP contribution in [0.15, 0.2) is 51.3 Å². The summed E-state index contributed by atoms with van der Waals surface area (Å²) < 4.78 is 49.6. The number of halogens is 1. The first-order valence-corrected chi connectivity index (χ1v) is 9.98. The van der Waals surface area contributed by atoms with E-state index in [1.807, 2.05) is 17.5 Å². The quantitative estimate of drug-likeness (QED) is 0.580. The predicted molar refractivity (Wildman–Crippen MR) is 96.2 cm³/mol. The van der Waals surface area contributed by atoms with E-state index >= 15 is 0 Å². The number of esters is 1. The smallest absolute Gasteiger partial charge is 0.341 e. The van der Waals surface area contributed by atoms with Gasteiger partial charge in [-0.3, -0.25) is 0 Å². The molecule has 0 N–H and O–H groups in total. The Hall–Kier alpha value is -2.56. The average molecular weight is 410 g/mol. The van der Waals surface area contributed by atoms with E-state index in [-0.39, 0.29) is 11.5 Å². The van der Waals surface area contributed by atoms with Gasteiger partial charge >= 0.3 is 5.97 Å². The average Bonchev–Trinajstić information content (AvgIpc) is 3.31. The van der Waals surface area contributed by atoms with Crippen molar-refractivity contribution in [2.45, 2.75) is 11.5 Å². The highest BCUT2D eigenvalue weighted by Crippen LogP contribution is 2.24.